The Bertz CT molecular complexity index is 500. The molecule has 1 aromatic heterocycles. The largest absolute Gasteiger partial charge is 0.276 e. The molecule has 0 unspecified atom stereocenters. The predicted molar refractivity (Wildman–Crippen MR) is 60.3 cm³/mol. The molecule has 2 heterocycles. The molecule has 0 aliphatic carbocycles. The van der Waals surface area contributed by atoms with E-state index in [-0.39, 0.29) is 0 Å². The van der Waals surface area contributed by atoms with Gasteiger partial charge in [-0.15, -0.1) is 0 Å². The van der Waals surface area contributed by atoms with Crippen LogP contribution in [-0.2, 0) is 0 Å². The van der Waals surface area contributed by atoms with Crippen LogP contribution in [-0.4, -0.2) is 16.7 Å². The normalized spacial score (nSPS) is 16.1. The van der Waals surface area contributed by atoms with Gasteiger partial charge in [0.15, 0.2) is 5.82 Å². The molecule has 76 valence electrons. The first-order valence-electron chi connectivity index (χ1n) is 5.08. The Balaban J connectivity index is 2.10. The van der Waals surface area contributed by atoms with Gasteiger partial charge >= 0.3 is 0 Å². The van der Waals surface area contributed by atoms with Gasteiger partial charge in [-0.1, -0.05) is 18.2 Å². The Morgan fingerprint density at radius 1 is 1.27 bits per heavy atom. The zero-order valence-corrected chi connectivity index (χ0v) is 8.27. The third kappa shape index (κ3) is 1.39. The summed E-state index contributed by atoms with van der Waals surface area (Å²) in [6.45, 7) is 0.956. The van der Waals surface area contributed by atoms with Crippen LogP contribution in [0.5, 0.6) is 0 Å². The van der Waals surface area contributed by atoms with E-state index in [1.807, 2.05) is 29.4 Å². The summed E-state index contributed by atoms with van der Waals surface area (Å²) in [5, 5.41) is 10.4. The van der Waals surface area contributed by atoms with Crippen LogP contribution in [0.3, 0.4) is 0 Å². The van der Waals surface area contributed by atoms with Crippen molar-refractivity contribution in [3.8, 4) is 0 Å². The Morgan fingerprint density at radius 3 is 3.07 bits per heavy atom. The molecule has 2 N–H and O–H groups in total. The molecule has 3 rings (SSSR count). The molecular formula is C11H12N4. The van der Waals surface area contributed by atoms with E-state index >= 15 is 0 Å². The molecule has 0 saturated heterocycles. The first-order valence-corrected chi connectivity index (χ1v) is 5.08. The molecule has 0 fully saturated rings. The zero-order chi connectivity index (χ0) is 10.1. The number of hydrazine groups is 1. The molecule has 0 saturated carbocycles. The lowest BCUT2D eigenvalue weighted by molar-refractivity contribution is 0.669. The maximum Gasteiger partial charge on any atom is 0.176 e. The van der Waals surface area contributed by atoms with Gasteiger partial charge < -0.3 is 0 Å². The molecule has 0 spiro atoms. The second-order valence-electron chi connectivity index (χ2n) is 3.54. The minimum absolute atomic E-state index is 0.932. The van der Waals surface area contributed by atoms with E-state index in [9.17, 15) is 0 Å². The smallest absolute Gasteiger partial charge is 0.176 e. The maximum atomic E-state index is 4.31. The summed E-state index contributed by atoms with van der Waals surface area (Å²) >= 11 is 0. The number of hydrogen-bond acceptors (Lipinski definition) is 3. The number of nitrogens with one attached hydrogen (secondary N) is 2. The summed E-state index contributed by atoms with van der Waals surface area (Å²) in [6.07, 6.45) is 5.23. The second kappa shape index (κ2) is 3.40. The third-order valence-corrected chi connectivity index (χ3v) is 2.53. The van der Waals surface area contributed by atoms with Crippen molar-refractivity contribution in [2.45, 2.75) is 6.42 Å². The number of para-hydroxylation sites is 1. The molecule has 0 amide bonds. The molecule has 0 atom stereocenters. The van der Waals surface area contributed by atoms with Gasteiger partial charge in [0, 0.05) is 18.1 Å². The molecule has 0 radical (unpaired) electrons. The van der Waals surface area contributed by atoms with E-state index in [0.29, 0.717) is 0 Å². The van der Waals surface area contributed by atoms with Crippen LogP contribution in [0.25, 0.3) is 10.9 Å². The summed E-state index contributed by atoms with van der Waals surface area (Å²) < 4.78 is 0. The average molecular weight is 200 g/mol. The van der Waals surface area contributed by atoms with Crippen molar-refractivity contribution in [1.29, 1.82) is 0 Å². The van der Waals surface area contributed by atoms with Crippen molar-refractivity contribution in [2.75, 3.05) is 11.6 Å². The van der Waals surface area contributed by atoms with Gasteiger partial charge in [-0.3, -0.25) is 10.1 Å². The topological polar surface area (TPSA) is 44.0 Å². The highest BCUT2D eigenvalue weighted by atomic mass is 15.5. The first-order chi connectivity index (χ1) is 7.45. The lowest BCUT2D eigenvalue weighted by atomic mass is 10.2. The summed E-state index contributed by atoms with van der Waals surface area (Å²) in [5.41, 5.74) is 4.34. The summed E-state index contributed by atoms with van der Waals surface area (Å²) in [7, 11) is 0. The number of nitrogens with zero attached hydrogens (tertiary/aromatic N) is 2. The fourth-order valence-electron chi connectivity index (χ4n) is 1.78. The van der Waals surface area contributed by atoms with Gasteiger partial charge in [-0.2, -0.15) is 5.10 Å². The highest BCUT2D eigenvalue weighted by molar-refractivity contribution is 5.90. The summed E-state index contributed by atoms with van der Waals surface area (Å²) in [5.74, 6) is 0.932. The van der Waals surface area contributed by atoms with E-state index in [2.05, 4.69) is 27.8 Å². The first kappa shape index (κ1) is 8.49. The molecular weight excluding hydrogens is 188 g/mol. The van der Waals surface area contributed by atoms with Crippen molar-refractivity contribution in [3.05, 3.63) is 36.5 Å². The van der Waals surface area contributed by atoms with Crippen LogP contribution in [0.15, 0.2) is 36.5 Å². The van der Waals surface area contributed by atoms with E-state index in [1.165, 1.54) is 0 Å². The average Bonchev–Trinajstić information content (AvgIpc) is 2.74. The highest BCUT2D eigenvalue weighted by Gasteiger charge is 2.12. The number of hydrogen-bond donors (Lipinski definition) is 2. The Labute approximate surface area is 87.6 Å². The number of H-pyrrole nitrogens is 1. The Morgan fingerprint density at radius 2 is 2.20 bits per heavy atom. The molecule has 4 heteroatoms. The number of fused-ring (bicyclic) bond motifs is 1. The summed E-state index contributed by atoms with van der Waals surface area (Å²) in [4.78, 5) is 0. The van der Waals surface area contributed by atoms with Crippen LogP contribution < -0.4 is 10.4 Å². The molecule has 2 aromatic rings. The van der Waals surface area contributed by atoms with Crippen molar-refractivity contribution < 1.29 is 0 Å². The molecule has 1 aliphatic rings. The molecule has 15 heavy (non-hydrogen) atoms. The Hall–Kier alpha value is -1.81. The predicted octanol–water partition coefficient (Wildman–Crippen LogP) is 1.79. The monoisotopic (exact) mass is 200 g/mol. The summed E-state index contributed by atoms with van der Waals surface area (Å²) in [6, 6.07) is 8.12. The maximum absolute atomic E-state index is 4.31. The number of benzene rings is 1. The number of aromatic nitrogens is 2. The quantitative estimate of drug-likeness (QED) is 0.737. The minimum Gasteiger partial charge on any atom is -0.276 e. The van der Waals surface area contributed by atoms with Gasteiger partial charge in [0.1, 0.15) is 0 Å². The van der Waals surface area contributed by atoms with Crippen LogP contribution in [0, 0.1) is 0 Å². The molecule has 4 nitrogen and oxygen atoms in total. The molecule has 0 bridgehead atoms. The Kier molecular flexibility index (Phi) is 1.93. The fourth-order valence-corrected chi connectivity index (χ4v) is 1.78. The SMILES string of the molecule is C1=CN(c2n[nH]c3ccccc23)NCC1. The van der Waals surface area contributed by atoms with Crippen molar-refractivity contribution in [3.63, 3.8) is 0 Å². The lowest BCUT2D eigenvalue weighted by Gasteiger charge is -2.22. The van der Waals surface area contributed by atoms with Crippen molar-refractivity contribution in [1.82, 2.24) is 15.6 Å². The van der Waals surface area contributed by atoms with Gasteiger partial charge in [0.2, 0.25) is 0 Å². The number of rotatable bonds is 1. The minimum atomic E-state index is 0.932. The van der Waals surface area contributed by atoms with Crippen LogP contribution in [0.1, 0.15) is 6.42 Å². The van der Waals surface area contributed by atoms with Crippen molar-refractivity contribution >= 4 is 16.7 Å². The van der Waals surface area contributed by atoms with Crippen LogP contribution in [0.2, 0.25) is 0 Å². The second-order valence-corrected chi connectivity index (χ2v) is 3.54. The number of anilines is 1. The van der Waals surface area contributed by atoms with Gasteiger partial charge in [-0.25, -0.2) is 5.43 Å². The van der Waals surface area contributed by atoms with E-state index in [4.69, 9.17) is 0 Å². The zero-order valence-electron chi connectivity index (χ0n) is 8.27. The fraction of sp³-hybridized carbons (Fsp3) is 0.182. The van der Waals surface area contributed by atoms with E-state index < -0.39 is 0 Å². The van der Waals surface area contributed by atoms with Crippen LogP contribution >= 0.6 is 0 Å². The van der Waals surface area contributed by atoms with Gasteiger partial charge in [0.05, 0.1) is 5.52 Å². The standard InChI is InChI=1S/C11H12N4/c1-2-6-10-9(5-1)11(14-13-10)15-8-4-3-7-12-15/h1-2,4-6,8,12H,3,7H2,(H,13,14). The van der Waals surface area contributed by atoms with E-state index in [1.54, 1.807) is 0 Å². The molecule has 1 aromatic carbocycles. The molecule has 1 aliphatic heterocycles. The highest BCUT2D eigenvalue weighted by Crippen LogP contribution is 2.23. The van der Waals surface area contributed by atoms with Gasteiger partial charge in [0.25, 0.3) is 0 Å². The number of aromatic amines is 1. The van der Waals surface area contributed by atoms with E-state index in [0.717, 1.165) is 29.7 Å². The van der Waals surface area contributed by atoms with Crippen LogP contribution in [0.4, 0.5) is 5.82 Å². The van der Waals surface area contributed by atoms with Crippen molar-refractivity contribution in [2.24, 2.45) is 0 Å². The van der Waals surface area contributed by atoms with Gasteiger partial charge in [-0.05, 0) is 18.6 Å². The lowest BCUT2D eigenvalue weighted by Crippen LogP contribution is -2.36. The third-order valence-electron chi connectivity index (χ3n) is 2.53.